The molecule has 2 aromatic heterocycles. The summed E-state index contributed by atoms with van der Waals surface area (Å²) in [5.74, 6) is -0.372. The summed E-state index contributed by atoms with van der Waals surface area (Å²) in [7, 11) is 0. The maximum Gasteiger partial charge on any atom is 0.408 e. The molecule has 43 heavy (non-hydrogen) atoms. The molecule has 5 rings (SSSR count). The van der Waals surface area contributed by atoms with Crippen LogP contribution in [0.15, 0.2) is 72.8 Å². The van der Waals surface area contributed by atoms with E-state index in [0.29, 0.717) is 58.4 Å². The van der Waals surface area contributed by atoms with Crippen molar-refractivity contribution < 1.29 is 32.9 Å². The van der Waals surface area contributed by atoms with Crippen molar-refractivity contribution in [3.63, 3.8) is 0 Å². The monoisotopic (exact) mass is 591 g/mol. The minimum Gasteiger partial charge on any atom is -0.493 e. The largest absolute Gasteiger partial charge is 0.493 e. The Morgan fingerprint density at radius 3 is 2.47 bits per heavy atom. The maximum atomic E-state index is 13.3. The van der Waals surface area contributed by atoms with Crippen LogP contribution in [0.3, 0.4) is 0 Å². The molecule has 3 aromatic carbocycles. The number of halogens is 3. The number of carbonyl (C=O) groups is 1. The summed E-state index contributed by atoms with van der Waals surface area (Å²) in [5, 5.41) is 26.6. The number of aryl methyl sites for hydroxylation is 2. The molecular weight excluding hydrogens is 559 g/mol. The van der Waals surface area contributed by atoms with Crippen molar-refractivity contribution in [3.05, 3.63) is 95.5 Å². The van der Waals surface area contributed by atoms with Crippen LogP contribution in [0, 0.1) is 13.8 Å². The number of alkyl halides is 3. The topological polar surface area (TPSA) is 89.5 Å². The van der Waals surface area contributed by atoms with E-state index in [1.807, 2.05) is 48.5 Å². The number of benzene rings is 3. The summed E-state index contributed by atoms with van der Waals surface area (Å²) < 4.78 is 48.5. The van der Waals surface area contributed by atoms with E-state index in [1.165, 1.54) is 6.08 Å². The van der Waals surface area contributed by atoms with Gasteiger partial charge in [0.1, 0.15) is 18.0 Å². The molecule has 0 radical (unpaired) electrons. The van der Waals surface area contributed by atoms with Crippen LogP contribution in [0.1, 0.15) is 33.9 Å². The predicted octanol–water partition coefficient (Wildman–Crippen LogP) is 7.10. The zero-order chi connectivity index (χ0) is 30.7. The van der Waals surface area contributed by atoms with Gasteiger partial charge in [-0.15, -0.1) is 0 Å². The Labute approximate surface area is 246 Å². The van der Waals surface area contributed by atoms with Crippen LogP contribution < -0.4 is 4.74 Å². The van der Waals surface area contributed by atoms with Gasteiger partial charge in [0, 0.05) is 34.1 Å². The average molecular weight is 592 g/mol. The van der Waals surface area contributed by atoms with Crippen LogP contribution >= 0.6 is 0 Å². The molecule has 0 spiro atoms. The molecular formula is C33H32F3N3O4. The molecule has 0 unspecified atom stereocenters. The van der Waals surface area contributed by atoms with Crippen molar-refractivity contribution in [3.8, 4) is 16.9 Å². The number of aromatic nitrogens is 3. The van der Waals surface area contributed by atoms with Gasteiger partial charge in [0.05, 0.1) is 24.4 Å². The summed E-state index contributed by atoms with van der Waals surface area (Å²) >= 11 is 0. The number of hydrogen-bond donors (Lipinski definition) is 2. The van der Waals surface area contributed by atoms with Gasteiger partial charge in [-0.25, -0.2) is 4.79 Å². The van der Waals surface area contributed by atoms with Gasteiger partial charge >= 0.3 is 12.1 Å². The number of carboxylic acid groups (broad SMARTS) is 1. The lowest BCUT2D eigenvalue weighted by molar-refractivity contribution is -0.142. The van der Waals surface area contributed by atoms with Crippen molar-refractivity contribution in [1.82, 2.24) is 14.3 Å². The van der Waals surface area contributed by atoms with Gasteiger partial charge in [-0.05, 0) is 43.7 Å². The fraction of sp³-hybridized carbons (Fsp3) is 0.273. The summed E-state index contributed by atoms with van der Waals surface area (Å²) in [5.41, 5.74) is 3.17. The van der Waals surface area contributed by atoms with Crippen molar-refractivity contribution in [2.24, 2.45) is 0 Å². The van der Waals surface area contributed by atoms with Crippen molar-refractivity contribution in [2.45, 2.75) is 46.0 Å². The first-order valence-electron chi connectivity index (χ1n) is 14.0. The minimum atomic E-state index is -4.44. The second-order valence-corrected chi connectivity index (χ2v) is 10.3. The van der Waals surface area contributed by atoms with Crippen LogP contribution in [0.4, 0.5) is 13.2 Å². The number of carboxylic acids is 1. The maximum absolute atomic E-state index is 13.3. The standard InChI is InChI=1S/C33H32F3N3O4/c1-21-29(22(2)39(37-21)20-33(34,35)36)27-14-8-13-25-26(31(32(41)42)38(30(25)27)17-5-6-18-40)15-9-19-43-28-16-7-11-23-10-3-4-12-24(23)28/h3-8,10-14,16,40H,9,15,17-20H2,1-2H3,(H,41,42)/b6-5-. The Morgan fingerprint density at radius 1 is 1.00 bits per heavy atom. The van der Waals surface area contributed by atoms with Gasteiger partial charge in [0.25, 0.3) is 0 Å². The third-order valence-electron chi connectivity index (χ3n) is 7.51. The molecule has 5 aromatic rings. The molecule has 0 fully saturated rings. The van der Waals surface area contributed by atoms with Crippen molar-refractivity contribution >= 4 is 27.6 Å². The summed E-state index contributed by atoms with van der Waals surface area (Å²) in [4.78, 5) is 12.7. The van der Waals surface area contributed by atoms with Gasteiger partial charge in [0.2, 0.25) is 0 Å². The van der Waals surface area contributed by atoms with Crippen LogP contribution in [0.25, 0.3) is 32.8 Å². The molecule has 0 bridgehead atoms. The number of fused-ring (bicyclic) bond motifs is 2. The number of ether oxygens (including phenoxy) is 1. The number of rotatable bonds is 11. The van der Waals surface area contributed by atoms with Crippen molar-refractivity contribution in [2.75, 3.05) is 13.2 Å². The van der Waals surface area contributed by atoms with Crippen LogP contribution in [-0.2, 0) is 19.5 Å². The zero-order valence-corrected chi connectivity index (χ0v) is 23.9. The SMILES string of the molecule is Cc1nn(CC(F)(F)F)c(C)c1-c1cccc2c(CCCOc3cccc4ccccc34)c(C(=O)O)n(C/C=C\CO)c12. The van der Waals surface area contributed by atoms with E-state index < -0.39 is 18.7 Å². The normalized spacial score (nSPS) is 12.1. The molecule has 2 N–H and O–H groups in total. The minimum absolute atomic E-state index is 0.0909. The molecule has 0 saturated carbocycles. The van der Waals surface area contributed by atoms with Gasteiger partial charge in [-0.1, -0.05) is 66.7 Å². The highest BCUT2D eigenvalue weighted by atomic mass is 19.4. The highest BCUT2D eigenvalue weighted by Gasteiger charge is 2.31. The molecule has 0 saturated heterocycles. The fourth-order valence-corrected chi connectivity index (χ4v) is 5.78. The van der Waals surface area contributed by atoms with E-state index in [9.17, 15) is 28.2 Å². The van der Waals surface area contributed by atoms with Gasteiger partial charge in [-0.3, -0.25) is 4.68 Å². The quantitative estimate of drug-likeness (QED) is 0.126. The highest BCUT2D eigenvalue weighted by Crippen LogP contribution is 2.38. The van der Waals surface area contributed by atoms with Crippen LogP contribution in [0.5, 0.6) is 5.75 Å². The first-order valence-corrected chi connectivity index (χ1v) is 14.0. The van der Waals surface area contributed by atoms with Crippen molar-refractivity contribution in [1.29, 1.82) is 0 Å². The van der Waals surface area contributed by atoms with E-state index in [-0.39, 0.29) is 18.8 Å². The van der Waals surface area contributed by atoms with Gasteiger partial charge in [0.15, 0.2) is 0 Å². The lowest BCUT2D eigenvalue weighted by Gasteiger charge is -2.12. The predicted molar refractivity (Wildman–Crippen MR) is 160 cm³/mol. The third-order valence-corrected chi connectivity index (χ3v) is 7.51. The Morgan fingerprint density at radius 2 is 1.72 bits per heavy atom. The lowest BCUT2D eigenvalue weighted by Crippen LogP contribution is -2.19. The number of hydrogen-bond acceptors (Lipinski definition) is 4. The van der Waals surface area contributed by atoms with E-state index in [1.54, 1.807) is 36.6 Å². The molecule has 0 aliphatic heterocycles. The Balaban J connectivity index is 1.56. The second-order valence-electron chi connectivity index (χ2n) is 10.3. The third kappa shape index (κ3) is 6.15. The second kappa shape index (κ2) is 12.3. The molecule has 2 heterocycles. The molecule has 10 heteroatoms. The summed E-state index contributed by atoms with van der Waals surface area (Å²) in [6.45, 7) is 2.30. The molecule has 0 atom stereocenters. The van der Waals surface area contributed by atoms with E-state index >= 15 is 0 Å². The molecule has 7 nitrogen and oxygen atoms in total. The number of aromatic carboxylic acids is 1. The number of allylic oxidation sites excluding steroid dienone is 1. The summed E-state index contributed by atoms with van der Waals surface area (Å²) in [6, 6.07) is 19.1. The number of aliphatic hydroxyl groups is 1. The molecule has 0 aliphatic carbocycles. The molecule has 0 amide bonds. The number of aliphatic hydroxyl groups excluding tert-OH is 1. The average Bonchev–Trinajstić information content (AvgIpc) is 3.42. The first kappa shape index (κ1) is 29.9. The fourth-order valence-electron chi connectivity index (χ4n) is 5.78. The zero-order valence-electron chi connectivity index (χ0n) is 23.9. The Kier molecular flexibility index (Phi) is 8.59. The van der Waals surface area contributed by atoms with Gasteiger partial charge in [-0.2, -0.15) is 18.3 Å². The lowest BCUT2D eigenvalue weighted by atomic mass is 9.98. The van der Waals surface area contributed by atoms with E-state index in [2.05, 4.69) is 5.10 Å². The summed E-state index contributed by atoms with van der Waals surface area (Å²) in [6.07, 6.45) is -0.326. The number of nitrogens with zero attached hydrogens (tertiary/aromatic N) is 3. The van der Waals surface area contributed by atoms with Crippen LogP contribution in [-0.4, -0.2) is 49.9 Å². The Bertz CT molecular complexity index is 1810. The smallest absolute Gasteiger partial charge is 0.408 e. The van der Waals surface area contributed by atoms with Gasteiger partial charge < -0.3 is 19.5 Å². The molecule has 224 valence electrons. The van der Waals surface area contributed by atoms with E-state index in [0.717, 1.165) is 21.2 Å². The Hall–Kier alpha value is -4.57. The van der Waals surface area contributed by atoms with E-state index in [4.69, 9.17) is 4.74 Å². The highest BCUT2D eigenvalue weighted by molar-refractivity contribution is 6.04. The number of para-hydroxylation sites is 1. The van der Waals surface area contributed by atoms with Crippen LogP contribution in [0.2, 0.25) is 0 Å². The first-order chi connectivity index (χ1) is 20.6. The molecule has 0 aliphatic rings.